The molecule has 126 valence electrons. The van der Waals surface area contributed by atoms with Crippen molar-refractivity contribution in [2.75, 3.05) is 6.26 Å². The summed E-state index contributed by atoms with van der Waals surface area (Å²) >= 11 is 3.11. The summed E-state index contributed by atoms with van der Waals surface area (Å²) in [5.41, 5.74) is 3.94. The fourth-order valence-corrected chi connectivity index (χ4v) is 4.34. The molecule has 0 aliphatic heterocycles. The molecular weight excluding hydrogens is 348 g/mol. The molecule has 3 aromatic rings. The van der Waals surface area contributed by atoms with E-state index in [1.165, 1.54) is 11.3 Å². The lowest BCUT2D eigenvalue weighted by Crippen LogP contribution is -2.17. The molecule has 1 heterocycles. The van der Waals surface area contributed by atoms with Gasteiger partial charge in [0.2, 0.25) is 0 Å². The van der Waals surface area contributed by atoms with Gasteiger partial charge in [0.05, 0.1) is 16.8 Å². The molecule has 1 aromatic heterocycles. The van der Waals surface area contributed by atoms with Crippen LogP contribution in [0, 0.1) is 26.2 Å². The third-order valence-corrected chi connectivity index (χ3v) is 5.93. The summed E-state index contributed by atoms with van der Waals surface area (Å²) in [5, 5.41) is 0. The van der Waals surface area contributed by atoms with E-state index in [1.807, 2.05) is 29.0 Å². The van der Waals surface area contributed by atoms with Crippen molar-refractivity contribution in [3.63, 3.8) is 0 Å². The summed E-state index contributed by atoms with van der Waals surface area (Å²) in [6.45, 7) is 4.50. The van der Waals surface area contributed by atoms with Gasteiger partial charge in [-0.3, -0.25) is 4.79 Å². The predicted octanol–water partition coefficient (Wildman–Crippen LogP) is 4.42. The van der Waals surface area contributed by atoms with E-state index in [0.29, 0.717) is 16.9 Å². The Balaban J connectivity index is 2.20. The van der Waals surface area contributed by atoms with Crippen LogP contribution in [0.25, 0.3) is 10.2 Å². The third-order valence-electron chi connectivity index (χ3n) is 3.99. The second-order valence-electron chi connectivity index (χ2n) is 5.70. The molecule has 0 aliphatic rings. The fourth-order valence-electron chi connectivity index (χ4n) is 2.71. The van der Waals surface area contributed by atoms with Crippen LogP contribution in [0.4, 0.5) is 0 Å². The number of terminal acetylenes is 1. The molecule has 1 amide bonds. The van der Waals surface area contributed by atoms with Crippen LogP contribution >= 0.6 is 23.1 Å². The standard InChI is InChI=1S/C20H18N2OS2/c1-5-11-22-17-13(2)9-10-14(3)18(17)25-20(22)21-19(23)15-7-6-8-16(12-15)24-4/h1,6-10,12H,11H2,2-4H3. The van der Waals surface area contributed by atoms with Crippen molar-refractivity contribution >= 4 is 39.2 Å². The maximum atomic E-state index is 12.7. The van der Waals surface area contributed by atoms with Crippen LogP contribution in [0.15, 0.2) is 46.3 Å². The Hall–Kier alpha value is -2.29. The molecule has 0 atom stereocenters. The van der Waals surface area contributed by atoms with Gasteiger partial charge in [0.15, 0.2) is 4.80 Å². The Morgan fingerprint density at radius 1 is 1.28 bits per heavy atom. The second kappa shape index (κ2) is 7.30. The molecule has 0 saturated carbocycles. The zero-order valence-corrected chi connectivity index (χ0v) is 16.0. The molecule has 0 saturated heterocycles. The molecule has 0 radical (unpaired) electrons. The van der Waals surface area contributed by atoms with Crippen molar-refractivity contribution < 1.29 is 4.79 Å². The van der Waals surface area contributed by atoms with Gasteiger partial charge in [0.1, 0.15) is 0 Å². The minimum Gasteiger partial charge on any atom is -0.304 e. The number of thiazole rings is 1. The lowest BCUT2D eigenvalue weighted by molar-refractivity contribution is 0.0997. The molecule has 0 unspecified atom stereocenters. The number of rotatable bonds is 3. The van der Waals surface area contributed by atoms with Crippen molar-refractivity contribution in [2.24, 2.45) is 4.99 Å². The Bertz CT molecular complexity index is 1070. The van der Waals surface area contributed by atoms with Crippen LogP contribution in [-0.4, -0.2) is 16.7 Å². The second-order valence-corrected chi connectivity index (χ2v) is 7.56. The van der Waals surface area contributed by atoms with Gasteiger partial charge in [-0.15, -0.1) is 18.2 Å². The zero-order chi connectivity index (χ0) is 18.0. The highest BCUT2D eigenvalue weighted by Gasteiger charge is 2.12. The highest BCUT2D eigenvalue weighted by atomic mass is 32.2. The molecule has 0 fully saturated rings. The summed E-state index contributed by atoms with van der Waals surface area (Å²) in [6, 6.07) is 11.7. The Labute approximate surface area is 155 Å². The van der Waals surface area contributed by atoms with E-state index in [9.17, 15) is 4.79 Å². The van der Waals surface area contributed by atoms with Gasteiger partial charge >= 0.3 is 0 Å². The summed E-state index contributed by atoms with van der Waals surface area (Å²) in [5.74, 6) is 2.43. The van der Waals surface area contributed by atoms with E-state index >= 15 is 0 Å². The van der Waals surface area contributed by atoms with Crippen molar-refractivity contribution in [2.45, 2.75) is 25.3 Å². The van der Waals surface area contributed by atoms with Crippen LogP contribution in [0.1, 0.15) is 21.5 Å². The SMILES string of the molecule is C#CCn1c(=NC(=O)c2cccc(SC)c2)sc2c(C)ccc(C)c21. The number of amides is 1. The molecule has 3 nitrogen and oxygen atoms in total. The Morgan fingerprint density at radius 3 is 2.76 bits per heavy atom. The highest BCUT2D eigenvalue weighted by Crippen LogP contribution is 2.25. The number of nitrogens with zero attached hydrogens (tertiary/aromatic N) is 2. The first-order valence-electron chi connectivity index (χ1n) is 7.81. The van der Waals surface area contributed by atoms with Crippen molar-refractivity contribution in [1.82, 2.24) is 4.57 Å². The Kier molecular flexibility index (Phi) is 5.12. The molecule has 0 bridgehead atoms. The number of hydrogen-bond donors (Lipinski definition) is 0. The van der Waals surface area contributed by atoms with Crippen LogP contribution < -0.4 is 4.80 Å². The average Bonchev–Trinajstić information content (AvgIpc) is 2.98. The van der Waals surface area contributed by atoms with Gasteiger partial charge in [-0.1, -0.05) is 35.5 Å². The molecule has 0 aliphatic carbocycles. The quantitative estimate of drug-likeness (QED) is 0.508. The van der Waals surface area contributed by atoms with Crippen LogP contribution in [0.3, 0.4) is 0 Å². The van der Waals surface area contributed by atoms with Crippen LogP contribution in [0.2, 0.25) is 0 Å². The Morgan fingerprint density at radius 2 is 2.04 bits per heavy atom. The maximum absolute atomic E-state index is 12.7. The monoisotopic (exact) mass is 366 g/mol. The van der Waals surface area contributed by atoms with Crippen molar-refractivity contribution in [3.05, 3.63) is 57.9 Å². The largest absolute Gasteiger partial charge is 0.304 e. The first kappa shape index (κ1) is 17.5. The van der Waals surface area contributed by atoms with Gasteiger partial charge in [-0.25, -0.2) is 0 Å². The number of thioether (sulfide) groups is 1. The van der Waals surface area contributed by atoms with Crippen molar-refractivity contribution in [1.29, 1.82) is 0 Å². The van der Waals surface area contributed by atoms with E-state index in [-0.39, 0.29) is 5.91 Å². The summed E-state index contributed by atoms with van der Waals surface area (Å²) in [6.07, 6.45) is 7.54. The molecule has 3 rings (SSSR count). The van der Waals surface area contributed by atoms with E-state index in [4.69, 9.17) is 6.42 Å². The predicted molar refractivity (Wildman–Crippen MR) is 106 cm³/mol. The van der Waals surface area contributed by atoms with E-state index in [1.54, 1.807) is 17.8 Å². The first-order chi connectivity index (χ1) is 12.0. The summed E-state index contributed by atoms with van der Waals surface area (Å²) in [7, 11) is 0. The van der Waals surface area contributed by atoms with Crippen LogP contribution in [-0.2, 0) is 6.54 Å². The normalized spacial score (nSPS) is 11.7. The third kappa shape index (κ3) is 3.41. The minimum atomic E-state index is -0.247. The fraction of sp³-hybridized carbons (Fsp3) is 0.200. The lowest BCUT2D eigenvalue weighted by atomic mass is 10.1. The molecule has 25 heavy (non-hydrogen) atoms. The van der Waals surface area contributed by atoms with E-state index < -0.39 is 0 Å². The molecule has 2 aromatic carbocycles. The number of aromatic nitrogens is 1. The number of aryl methyl sites for hydroxylation is 2. The summed E-state index contributed by atoms with van der Waals surface area (Å²) in [4.78, 5) is 18.7. The lowest BCUT2D eigenvalue weighted by Gasteiger charge is -2.04. The van der Waals surface area contributed by atoms with E-state index in [0.717, 1.165) is 26.2 Å². The average molecular weight is 367 g/mol. The number of fused-ring (bicyclic) bond motifs is 1. The minimum absolute atomic E-state index is 0.247. The zero-order valence-electron chi connectivity index (χ0n) is 14.4. The summed E-state index contributed by atoms with van der Waals surface area (Å²) < 4.78 is 3.08. The topological polar surface area (TPSA) is 34.4 Å². The van der Waals surface area contributed by atoms with Crippen LogP contribution in [0.5, 0.6) is 0 Å². The molecule has 5 heteroatoms. The number of hydrogen-bond acceptors (Lipinski definition) is 3. The van der Waals surface area contributed by atoms with Gasteiger partial charge in [-0.2, -0.15) is 4.99 Å². The molecule has 0 spiro atoms. The highest BCUT2D eigenvalue weighted by molar-refractivity contribution is 7.98. The number of carbonyl (C=O) groups excluding carboxylic acids is 1. The van der Waals surface area contributed by atoms with Gasteiger partial charge in [0.25, 0.3) is 5.91 Å². The first-order valence-corrected chi connectivity index (χ1v) is 9.85. The maximum Gasteiger partial charge on any atom is 0.279 e. The number of benzene rings is 2. The van der Waals surface area contributed by atoms with Crippen molar-refractivity contribution in [3.8, 4) is 12.3 Å². The van der Waals surface area contributed by atoms with Gasteiger partial charge in [-0.05, 0) is 49.4 Å². The molecule has 0 N–H and O–H groups in total. The van der Waals surface area contributed by atoms with Gasteiger partial charge in [0, 0.05) is 10.5 Å². The molecular formula is C20H18N2OS2. The smallest absolute Gasteiger partial charge is 0.279 e. The number of carbonyl (C=O) groups is 1. The van der Waals surface area contributed by atoms with E-state index in [2.05, 4.69) is 36.9 Å². The van der Waals surface area contributed by atoms with Gasteiger partial charge < -0.3 is 4.57 Å².